The predicted octanol–water partition coefficient (Wildman–Crippen LogP) is 0.636. The topological polar surface area (TPSA) is 156 Å². The molecule has 132 valence electrons. The summed E-state index contributed by atoms with van der Waals surface area (Å²) in [4.78, 5) is 10.8. The van der Waals surface area contributed by atoms with Crippen molar-refractivity contribution in [2.24, 2.45) is 10.3 Å². The number of aliphatic hydroxyl groups is 3. The quantitative estimate of drug-likeness (QED) is 0.205. The lowest BCUT2D eigenvalue weighted by atomic mass is 9.97. The number of fused-ring (bicyclic) bond motifs is 1. The number of nitrogens with zero attached hydrogens (tertiary/aromatic N) is 4. The maximum absolute atomic E-state index is 10.1. The van der Waals surface area contributed by atoms with Gasteiger partial charge in [-0.2, -0.15) is 0 Å². The number of oxime groups is 1. The molecule has 1 aliphatic heterocycles. The van der Waals surface area contributed by atoms with Crippen LogP contribution in [0.1, 0.15) is 5.56 Å². The van der Waals surface area contributed by atoms with E-state index < -0.39 is 37.3 Å². The lowest BCUT2D eigenvalue weighted by Crippen LogP contribution is -2.58. The van der Waals surface area contributed by atoms with Gasteiger partial charge in [-0.1, -0.05) is 28.5 Å². The first-order chi connectivity index (χ1) is 12.2. The van der Waals surface area contributed by atoms with E-state index in [-0.39, 0.29) is 0 Å². The third-order valence-electron chi connectivity index (χ3n) is 4.01. The smallest absolute Gasteiger partial charge is 0.253 e. The van der Waals surface area contributed by atoms with Crippen LogP contribution in [0.4, 0.5) is 0 Å². The number of H-pyrrole nitrogens is 1. The highest BCUT2D eigenvalue weighted by Gasteiger charge is 2.45. The van der Waals surface area contributed by atoms with Crippen molar-refractivity contribution >= 4 is 17.1 Å². The zero-order valence-corrected chi connectivity index (χ0v) is 13.0. The van der Waals surface area contributed by atoms with E-state index in [9.17, 15) is 15.3 Å². The average molecular weight is 347 g/mol. The molecule has 1 aromatic carbocycles. The summed E-state index contributed by atoms with van der Waals surface area (Å²) in [5, 5.41) is 37.4. The van der Waals surface area contributed by atoms with Gasteiger partial charge in [-0.3, -0.25) is 0 Å². The highest BCUT2D eigenvalue weighted by molar-refractivity contribution is 5.98. The largest absolute Gasteiger partial charge is 0.394 e. The fraction of sp³-hybridized carbons (Fsp3) is 0.400. The third kappa shape index (κ3) is 3.43. The number of azide groups is 1. The summed E-state index contributed by atoms with van der Waals surface area (Å²) in [5.74, 6) is 0. The highest BCUT2D eigenvalue weighted by Crippen LogP contribution is 2.25. The Labute approximate surface area is 141 Å². The van der Waals surface area contributed by atoms with Crippen molar-refractivity contribution in [1.29, 1.82) is 0 Å². The summed E-state index contributed by atoms with van der Waals surface area (Å²) < 4.78 is 5.27. The Balaban J connectivity index is 1.73. The monoisotopic (exact) mass is 347 g/mol. The zero-order valence-electron chi connectivity index (χ0n) is 13.0. The van der Waals surface area contributed by atoms with E-state index in [1.165, 1.54) is 6.21 Å². The first-order valence-electron chi connectivity index (χ1n) is 7.57. The molecular weight excluding hydrogens is 330 g/mol. The molecule has 2 heterocycles. The second kappa shape index (κ2) is 7.51. The van der Waals surface area contributed by atoms with E-state index in [0.29, 0.717) is 0 Å². The molecule has 4 N–H and O–H groups in total. The molecule has 3 rings (SSSR count). The van der Waals surface area contributed by atoms with Gasteiger partial charge in [0, 0.05) is 27.6 Å². The zero-order chi connectivity index (χ0) is 17.8. The average Bonchev–Trinajstić information content (AvgIpc) is 3.04. The van der Waals surface area contributed by atoms with Crippen LogP contribution in [-0.2, 0) is 9.57 Å². The Kier molecular flexibility index (Phi) is 5.17. The molecule has 0 spiro atoms. The number of benzene rings is 1. The van der Waals surface area contributed by atoms with E-state index >= 15 is 0 Å². The standard InChI is InChI=1S/C15H17N5O5/c16-20-19-12-13(22)11(7-21)24-15(14(12)23)25-18-6-8-5-17-10-4-2-1-3-9(8)10/h1-6,11-15,17,21-23H,7H2/b18-6+/t11-,12+,13+,14-,15+/m1/s1. The van der Waals surface area contributed by atoms with Crippen LogP contribution in [0.3, 0.4) is 0 Å². The van der Waals surface area contributed by atoms with Gasteiger partial charge in [-0.25, -0.2) is 0 Å². The Bertz CT molecular complexity index is 802. The van der Waals surface area contributed by atoms with Crippen molar-refractivity contribution in [3.8, 4) is 0 Å². The van der Waals surface area contributed by atoms with Gasteiger partial charge in [-0.05, 0) is 11.6 Å². The van der Waals surface area contributed by atoms with Crippen molar-refractivity contribution in [1.82, 2.24) is 4.98 Å². The molecule has 1 fully saturated rings. The SMILES string of the molecule is [N-]=[N+]=N[C@H]1[C@@H](O)[C@@H](CO)O[C@@H](O/N=C/c2c[nH]c3ccccc23)[C@@H]1O. The maximum Gasteiger partial charge on any atom is 0.253 e. The molecule has 25 heavy (non-hydrogen) atoms. The lowest BCUT2D eigenvalue weighted by molar-refractivity contribution is -0.276. The maximum atomic E-state index is 10.1. The molecule has 1 saturated heterocycles. The molecule has 0 aliphatic carbocycles. The van der Waals surface area contributed by atoms with E-state index in [4.69, 9.17) is 15.1 Å². The number of hydrogen-bond acceptors (Lipinski definition) is 7. The van der Waals surface area contributed by atoms with Crippen LogP contribution >= 0.6 is 0 Å². The van der Waals surface area contributed by atoms with Gasteiger partial charge >= 0.3 is 0 Å². The Morgan fingerprint density at radius 2 is 2.12 bits per heavy atom. The summed E-state index contributed by atoms with van der Waals surface area (Å²) in [6.07, 6.45) is -1.96. The van der Waals surface area contributed by atoms with Crippen molar-refractivity contribution in [2.75, 3.05) is 6.61 Å². The summed E-state index contributed by atoms with van der Waals surface area (Å²) >= 11 is 0. The minimum absolute atomic E-state index is 0.530. The fourth-order valence-corrected chi connectivity index (χ4v) is 2.70. The first kappa shape index (κ1) is 17.2. The molecule has 10 nitrogen and oxygen atoms in total. The molecule has 0 bridgehead atoms. The van der Waals surface area contributed by atoms with Gasteiger partial charge in [0.2, 0.25) is 0 Å². The summed E-state index contributed by atoms with van der Waals surface area (Å²) in [6, 6.07) is 6.40. The summed E-state index contributed by atoms with van der Waals surface area (Å²) in [7, 11) is 0. The summed E-state index contributed by atoms with van der Waals surface area (Å²) in [5.41, 5.74) is 10.3. The Morgan fingerprint density at radius 1 is 1.32 bits per heavy atom. The van der Waals surface area contributed by atoms with Crippen molar-refractivity contribution in [2.45, 2.75) is 30.6 Å². The van der Waals surface area contributed by atoms with Crippen LogP contribution in [0.2, 0.25) is 0 Å². The van der Waals surface area contributed by atoms with Gasteiger partial charge in [0.25, 0.3) is 6.29 Å². The number of aromatic amines is 1. The van der Waals surface area contributed by atoms with Crippen molar-refractivity contribution < 1.29 is 24.9 Å². The van der Waals surface area contributed by atoms with Gasteiger partial charge in [-0.15, -0.1) is 0 Å². The highest BCUT2D eigenvalue weighted by atomic mass is 16.8. The Morgan fingerprint density at radius 3 is 2.88 bits per heavy atom. The number of aliphatic hydroxyl groups excluding tert-OH is 3. The number of aromatic nitrogens is 1. The second-order valence-corrected chi connectivity index (χ2v) is 5.53. The van der Waals surface area contributed by atoms with Crippen LogP contribution < -0.4 is 0 Å². The molecule has 2 aromatic rings. The molecule has 0 saturated carbocycles. The van der Waals surface area contributed by atoms with Gasteiger partial charge < -0.3 is 29.9 Å². The lowest BCUT2D eigenvalue weighted by Gasteiger charge is -2.38. The number of hydrogen-bond donors (Lipinski definition) is 4. The van der Waals surface area contributed by atoms with E-state index in [2.05, 4.69) is 20.2 Å². The molecule has 5 atom stereocenters. The number of para-hydroxylation sites is 1. The minimum atomic E-state index is -1.44. The number of ether oxygens (including phenoxy) is 1. The van der Waals surface area contributed by atoms with Crippen LogP contribution in [0.5, 0.6) is 0 Å². The summed E-state index contributed by atoms with van der Waals surface area (Å²) in [6.45, 7) is -0.530. The molecule has 0 unspecified atom stereocenters. The van der Waals surface area contributed by atoms with E-state index in [1.807, 2.05) is 24.3 Å². The fourth-order valence-electron chi connectivity index (χ4n) is 2.70. The molecule has 0 radical (unpaired) electrons. The van der Waals surface area contributed by atoms with Crippen molar-refractivity contribution in [3.63, 3.8) is 0 Å². The van der Waals surface area contributed by atoms with E-state index in [1.54, 1.807) is 6.20 Å². The van der Waals surface area contributed by atoms with Gasteiger partial charge in [0.1, 0.15) is 12.2 Å². The van der Waals surface area contributed by atoms with Gasteiger partial charge in [0.05, 0.1) is 25.0 Å². The van der Waals surface area contributed by atoms with Crippen LogP contribution in [0.15, 0.2) is 40.7 Å². The van der Waals surface area contributed by atoms with Crippen LogP contribution in [0.25, 0.3) is 21.3 Å². The molecule has 10 heteroatoms. The van der Waals surface area contributed by atoms with Crippen molar-refractivity contribution in [3.05, 3.63) is 46.5 Å². The van der Waals surface area contributed by atoms with Gasteiger partial charge in [0.15, 0.2) is 0 Å². The van der Waals surface area contributed by atoms with Crippen LogP contribution in [0, 0.1) is 0 Å². The third-order valence-corrected chi connectivity index (χ3v) is 4.01. The first-order valence-corrected chi connectivity index (χ1v) is 7.57. The predicted molar refractivity (Wildman–Crippen MR) is 87.7 cm³/mol. The van der Waals surface area contributed by atoms with E-state index in [0.717, 1.165) is 16.5 Å². The number of nitrogens with one attached hydrogen (secondary N) is 1. The minimum Gasteiger partial charge on any atom is -0.394 e. The normalized spacial score (nSPS) is 29.6. The molecule has 1 aliphatic rings. The molecule has 1 aromatic heterocycles. The number of rotatable bonds is 5. The molecule has 0 amide bonds. The second-order valence-electron chi connectivity index (χ2n) is 5.53. The van der Waals surface area contributed by atoms with Crippen LogP contribution in [-0.4, -0.2) is 63.8 Å². The molecular formula is C15H17N5O5. The Hall–Kier alpha value is -2.62.